The third-order valence-corrected chi connectivity index (χ3v) is 3.43. The Morgan fingerprint density at radius 2 is 1.76 bits per heavy atom. The number of hydrogen-bond donors (Lipinski definition) is 1. The molecule has 5 nitrogen and oxygen atoms in total. The number of aliphatic hydroxyl groups excluding tert-OH is 1. The predicted molar refractivity (Wildman–Crippen MR) is 76.2 cm³/mol. The summed E-state index contributed by atoms with van der Waals surface area (Å²) in [6.45, 7) is 0.160. The molecular weight excluding hydrogens is 272 g/mol. The number of benzene rings is 2. The maximum absolute atomic E-state index is 10.5. The average Bonchev–Trinajstić information content (AvgIpc) is 3.01. The zero-order chi connectivity index (χ0) is 14.8. The van der Waals surface area contributed by atoms with Gasteiger partial charge >= 0.3 is 0 Å². The lowest BCUT2D eigenvalue weighted by Crippen LogP contribution is -2.00. The van der Waals surface area contributed by atoms with E-state index >= 15 is 0 Å². The van der Waals surface area contributed by atoms with Gasteiger partial charge in [0.15, 0.2) is 11.5 Å². The monoisotopic (exact) mass is 288 g/mol. The van der Waals surface area contributed by atoms with Gasteiger partial charge in [-0.1, -0.05) is 12.1 Å². The molecule has 2 aromatic carbocycles. The molecule has 0 amide bonds. The lowest BCUT2D eigenvalue weighted by atomic mass is 10.0. The van der Waals surface area contributed by atoms with Crippen LogP contribution in [0.15, 0.2) is 36.4 Å². The minimum atomic E-state index is -0.778. The number of hydrogen-bond acceptors (Lipinski definition) is 5. The van der Waals surface area contributed by atoms with Gasteiger partial charge in [-0.15, -0.1) is 0 Å². The number of ether oxygens (including phenoxy) is 4. The first kappa shape index (κ1) is 13.6. The fourth-order valence-corrected chi connectivity index (χ4v) is 2.29. The first-order valence-electron chi connectivity index (χ1n) is 6.52. The summed E-state index contributed by atoms with van der Waals surface area (Å²) in [7, 11) is 3.16. The molecule has 1 N–H and O–H groups in total. The Balaban J connectivity index is 1.95. The summed E-state index contributed by atoms with van der Waals surface area (Å²) in [5.74, 6) is 2.45. The van der Waals surface area contributed by atoms with Crippen LogP contribution in [0, 0.1) is 0 Å². The summed E-state index contributed by atoms with van der Waals surface area (Å²) in [4.78, 5) is 0. The minimum Gasteiger partial charge on any atom is -0.497 e. The second kappa shape index (κ2) is 5.54. The first-order chi connectivity index (χ1) is 10.2. The van der Waals surface area contributed by atoms with Gasteiger partial charge in [-0.3, -0.25) is 0 Å². The van der Waals surface area contributed by atoms with Gasteiger partial charge < -0.3 is 24.1 Å². The van der Waals surface area contributed by atoms with E-state index in [2.05, 4.69) is 0 Å². The summed E-state index contributed by atoms with van der Waals surface area (Å²) >= 11 is 0. The van der Waals surface area contributed by atoms with Crippen molar-refractivity contribution in [1.29, 1.82) is 0 Å². The fourth-order valence-electron chi connectivity index (χ4n) is 2.29. The van der Waals surface area contributed by atoms with Crippen LogP contribution in [0.3, 0.4) is 0 Å². The Kier molecular flexibility index (Phi) is 3.58. The summed E-state index contributed by atoms with van der Waals surface area (Å²) in [6, 6.07) is 10.8. The number of aliphatic hydroxyl groups is 1. The molecule has 0 aromatic heterocycles. The van der Waals surface area contributed by atoms with E-state index in [0.717, 1.165) is 11.3 Å². The van der Waals surface area contributed by atoms with Crippen LogP contribution in [0.4, 0.5) is 0 Å². The van der Waals surface area contributed by atoms with E-state index in [1.54, 1.807) is 26.4 Å². The van der Waals surface area contributed by atoms with E-state index < -0.39 is 6.10 Å². The van der Waals surface area contributed by atoms with E-state index in [-0.39, 0.29) is 6.79 Å². The second-order valence-corrected chi connectivity index (χ2v) is 4.63. The van der Waals surface area contributed by atoms with Gasteiger partial charge in [-0.2, -0.15) is 0 Å². The Bertz CT molecular complexity index is 636. The number of methoxy groups -OCH3 is 2. The van der Waals surface area contributed by atoms with Gasteiger partial charge in [-0.25, -0.2) is 0 Å². The molecule has 1 atom stereocenters. The van der Waals surface area contributed by atoms with E-state index in [4.69, 9.17) is 18.9 Å². The van der Waals surface area contributed by atoms with Crippen LogP contribution in [0.5, 0.6) is 23.0 Å². The molecule has 21 heavy (non-hydrogen) atoms. The molecule has 0 bridgehead atoms. The van der Waals surface area contributed by atoms with Crippen LogP contribution < -0.4 is 18.9 Å². The molecule has 1 aliphatic rings. The molecule has 1 unspecified atom stereocenters. The fraction of sp³-hybridized carbons (Fsp3) is 0.250. The number of fused-ring (bicyclic) bond motifs is 1. The van der Waals surface area contributed by atoms with Gasteiger partial charge in [0.25, 0.3) is 0 Å². The van der Waals surface area contributed by atoms with E-state index in [9.17, 15) is 5.11 Å². The van der Waals surface area contributed by atoms with Crippen LogP contribution in [-0.4, -0.2) is 26.1 Å². The maximum atomic E-state index is 10.5. The standard InChI is InChI=1S/C16H16O5/c1-18-12-5-3-10(4-6-12)15(17)11-7-13(19-2)16-14(8-11)20-9-21-16/h3-8,15,17H,9H2,1-2H3. The molecule has 2 aromatic rings. The molecule has 0 radical (unpaired) electrons. The normalized spacial score (nSPS) is 13.9. The van der Waals surface area contributed by atoms with Crippen LogP contribution in [0.25, 0.3) is 0 Å². The third-order valence-electron chi connectivity index (χ3n) is 3.43. The molecule has 0 saturated carbocycles. The van der Waals surface area contributed by atoms with Crippen molar-refractivity contribution < 1.29 is 24.1 Å². The summed E-state index contributed by atoms with van der Waals surface area (Å²) < 4.78 is 21.1. The smallest absolute Gasteiger partial charge is 0.231 e. The summed E-state index contributed by atoms with van der Waals surface area (Å²) in [6.07, 6.45) is -0.778. The molecule has 5 heteroatoms. The van der Waals surface area contributed by atoms with Gasteiger partial charge in [0, 0.05) is 0 Å². The van der Waals surface area contributed by atoms with E-state index in [1.807, 2.05) is 24.3 Å². The molecule has 0 spiro atoms. The lowest BCUT2D eigenvalue weighted by Gasteiger charge is -2.14. The Morgan fingerprint density at radius 3 is 2.43 bits per heavy atom. The lowest BCUT2D eigenvalue weighted by molar-refractivity contribution is 0.171. The molecule has 0 aliphatic carbocycles. The van der Waals surface area contributed by atoms with Crippen molar-refractivity contribution in [3.63, 3.8) is 0 Å². The van der Waals surface area contributed by atoms with Crippen molar-refractivity contribution in [2.45, 2.75) is 6.10 Å². The minimum absolute atomic E-state index is 0.160. The van der Waals surface area contributed by atoms with Gasteiger partial charge in [0.05, 0.1) is 14.2 Å². The van der Waals surface area contributed by atoms with Crippen molar-refractivity contribution in [3.8, 4) is 23.0 Å². The van der Waals surface area contributed by atoms with Crippen molar-refractivity contribution in [3.05, 3.63) is 47.5 Å². The predicted octanol–water partition coefficient (Wildman–Crippen LogP) is 2.51. The second-order valence-electron chi connectivity index (χ2n) is 4.63. The third kappa shape index (κ3) is 2.48. The molecule has 110 valence electrons. The Hall–Kier alpha value is -2.40. The SMILES string of the molecule is COc1ccc(C(O)c2cc(OC)c3c(c2)OCO3)cc1. The summed E-state index contributed by atoms with van der Waals surface area (Å²) in [5, 5.41) is 10.5. The van der Waals surface area contributed by atoms with E-state index in [1.165, 1.54) is 0 Å². The molecule has 3 rings (SSSR count). The van der Waals surface area contributed by atoms with Crippen molar-refractivity contribution in [1.82, 2.24) is 0 Å². The highest BCUT2D eigenvalue weighted by atomic mass is 16.7. The Morgan fingerprint density at radius 1 is 1.00 bits per heavy atom. The highest BCUT2D eigenvalue weighted by Crippen LogP contribution is 2.43. The van der Waals surface area contributed by atoms with Crippen LogP contribution in [0.1, 0.15) is 17.2 Å². The van der Waals surface area contributed by atoms with Gasteiger partial charge in [0.1, 0.15) is 11.9 Å². The topological polar surface area (TPSA) is 57.2 Å². The first-order valence-corrected chi connectivity index (χ1v) is 6.52. The zero-order valence-corrected chi connectivity index (χ0v) is 11.8. The number of rotatable bonds is 4. The quantitative estimate of drug-likeness (QED) is 0.936. The highest BCUT2D eigenvalue weighted by molar-refractivity contribution is 5.56. The Labute approximate surface area is 122 Å². The molecule has 0 saturated heterocycles. The molecular formula is C16H16O5. The highest BCUT2D eigenvalue weighted by Gasteiger charge is 2.23. The van der Waals surface area contributed by atoms with Crippen molar-refractivity contribution in [2.75, 3.05) is 21.0 Å². The molecule has 0 fully saturated rings. The van der Waals surface area contributed by atoms with E-state index in [0.29, 0.717) is 22.8 Å². The zero-order valence-electron chi connectivity index (χ0n) is 11.8. The van der Waals surface area contributed by atoms with Gasteiger partial charge in [0.2, 0.25) is 12.5 Å². The van der Waals surface area contributed by atoms with Crippen molar-refractivity contribution >= 4 is 0 Å². The average molecular weight is 288 g/mol. The van der Waals surface area contributed by atoms with Crippen LogP contribution >= 0.6 is 0 Å². The summed E-state index contributed by atoms with van der Waals surface area (Å²) in [5.41, 5.74) is 1.44. The molecule has 1 heterocycles. The largest absolute Gasteiger partial charge is 0.497 e. The molecule has 1 aliphatic heterocycles. The van der Waals surface area contributed by atoms with Crippen molar-refractivity contribution in [2.24, 2.45) is 0 Å². The van der Waals surface area contributed by atoms with Crippen LogP contribution in [0.2, 0.25) is 0 Å². The van der Waals surface area contributed by atoms with Crippen LogP contribution in [-0.2, 0) is 0 Å². The maximum Gasteiger partial charge on any atom is 0.231 e. The van der Waals surface area contributed by atoms with Gasteiger partial charge in [-0.05, 0) is 35.4 Å².